The molecule has 150 valence electrons. The number of hydrogen-bond acceptors (Lipinski definition) is 4. The van der Waals surface area contributed by atoms with E-state index in [9.17, 15) is 8.42 Å². The summed E-state index contributed by atoms with van der Waals surface area (Å²) in [5.74, 6) is 0.607. The second-order valence-corrected chi connectivity index (χ2v) is 8.96. The summed E-state index contributed by atoms with van der Waals surface area (Å²) in [6, 6.07) is 8.39. The molecule has 0 atom stereocenters. The van der Waals surface area contributed by atoms with E-state index >= 15 is 0 Å². The molecule has 6 nitrogen and oxygen atoms in total. The monoisotopic (exact) mass is 400 g/mol. The van der Waals surface area contributed by atoms with Crippen molar-refractivity contribution in [2.45, 2.75) is 44.4 Å². The molecule has 0 saturated carbocycles. The van der Waals surface area contributed by atoms with Crippen LogP contribution in [0, 0.1) is 0 Å². The summed E-state index contributed by atoms with van der Waals surface area (Å²) in [6.07, 6.45) is 8.68. The van der Waals surface area contributed by atoms with Crippen molar-refractivity contribution in [3.8, 4) is 0 Å². The Labute approximate surface area is 167 Å². The summed E-state index contributed by atoms with van der Waals surface area (Å²) < 4.78 is 25.5. The fraction of sp³-hybridized carbons (Fsp3) is 0.286. The highest BCUT2D eigenvalue weighted by molar-refractivity contribution is 7.89. The zero-order chi connectivity index (χ0) is 20.9. The third-order valence-electron chi connectivity index (χ3n) is 3.98. The molecule has 3 N–H and O–H groups in total. The van der Waals surface area contributed by atoms with E-state index in [4.69, 9.17) is 5.14 Å². The molecule has 0 amide bonds. The van der Waals surface area contributed by atoms with Crippen LogP contribution in [-0.4, -0.2) is 18.2 Å². The zero-order valence-corrected chi connectivity index (χ0v) is 17.6. The first-order valence-corrected chi connectivity index (χ1v) is 10.6. The summed E-state index contributed by atoms with van der Waals surface area (Å²) in [5.41, 5.74) is 1.69. The van der Waals surface area contributed by atoms with Gasteiger partial charge in [0.15, 0.2) is 0 Å². The Balaban J connectivity index is 2.49. The maximum atomic E-state index is 11.9. The number of nitrogens with zero attached hydrogens (tertiary/aromatic N) is 2. The molecule has 7 heteroatoms. The van der Waals surface area contributed by atoms with Crippen LogP contribution in [0.2, 0.25) is 0 Å². The Kier molecular flexibility index (Phi) is 6.64. The van der Waals surface area contributed by atoms with Gasteiger partial charge in [0.05, 0.1) is 17.1 Å². The second-order valence-electron chi connectivity index (χ2n) is 7.43. The quantitative estimate of drug-likeness (QED) is 0.667. The summed E-state index contributed by atoms with van der Waals surface area (Å²) >= 11 is 0. The van der Waals surface area contributed by atoms with E-state index in [0.29, 0.717) is 17.2 Å². The van der Waals surface area contributed by atoms with Gasteiger partial charge in [-0.3, -0.25) is 0 Å². The Hall–Kier alpha value is -2.64. The van der Waals surface area contributed by atoms with Crippen LogP contribution in [0.3, 0.4) is 0 Å². The first kappa shape index (κ1) is 21.7. The van der Waals surface area contributed by atoms with Gasteiger partial charge in [0, 0.05) is 11.5 Å². The highest BCUT2D eigenvalue weighted by Gasteiger charge is 2.22. The third kappa shape index (κ3) is 5.43. The topological polar surface area (TPSA) is 90.0 Å². The smallest absolute Gasteiger partial charge is 0.240 e. The molecule has 0 fully saturated rings. The molecule has 0 bridgehead atoms. The standard InChI is InChI=1S/C21H28N4O2S/c1-6-7-8-9-12-16(2)25-20(15-19(24-25)21(3,4)5)23-17-13-10-11-14-18(17)28(22,26)27/h7-15,23H,2,6H2,1,3-5H3,(H2,22,26,27)/b8-7-,12-9-. The second kappa shape index (κ2) is 8.58. The van der Waals surface area contributed by atoms with Gasteiger partial charge in [0.1, 0.15) is 10.7 Å². The fourth-order valence-electron chi connectivity index (χ4n) is 2.46. The lowest BCUT2D eigenvalue weighted by Crippen LogP contribution is -2.14. The molecule has 1 heterocycles. The van der Waals surface area contributed by atoms with Crippen molar-refractivity contribution in [3.63, 3.8) is 0 Å². The number of hydrogen-bond donors (Lipinski definition) is 2. The van der Waals surface area contributed by atoms with Crippen molar-refractivity contribution >= 4 is 27.2 Å². The summed E-state index contributed by atoms with van der Waals surface area (Å²) in [4.78, 5) is 0.0205. The van der Waals surface area contributed by atoms with Gasteiger partial charge in [0.25, 0.3) is 0 Å². The van der Waals surface area contributed by atoms with Crippen molar-refractivity contribution in [2.24, 2.45) is 5.14 Å². The molecule has 2 rings (SSSR count). The molecule has 0 aliphatic carbocycles. The Morgan fingerprint density at radius 1 is 1.29 bits per heavy atom. The van der Waals surface area contributed by atoms with Crippen LogP contribution in [0.4, 0.5) is 11.5 Å². The van der Waals surface area contributed by atoms with Gasteiger partial charge in [-0.15, -0.1) is 0 Å². The average molecular weight is 401 g/mol. The molecule has 0 aliphatic rings. The number of sulfonamides is 1. The molecule has 28 heavy (non-hydrogen) atoms. The predicted octanol–water partition coefficient (Wildman–Crippen LogP) is 4.56. The molecule has 2 aromatic rings. The van der Waals surface area contributed by atoms with Gasteiger partial charge in [-0.05, 0) is 24.6 Å². The fourth-order valence-corrected chi connectivity index (χ4v) is 3.16. The van der Waals surface area contributed by atoms with Crippen LogP contribution >= 0.6 is 0 Å². The lowest BCUT2D eigenvalue weighted by molar-refractivity contribution is 0.561. The number of aromatic nitrogens is 2. The van der Waals surface area contributed by atoms with Gasteiger partial charge in [0.2, 0.25) is 10.0 Å². The average Bonchev–Trinajstić information content (AvgIpc) is 3.02. The van der Waals surface area contributed by atoms with Crippen LogP contribution in [0.25, 0.3) is 5.70 Å². The molecule has 1 aromatic heterocycles. The van der Waals surface area contributed by atoms with Crippen LogP contribution < -0.4 is 10.5 Å². The predicted molar refractivity (Wildman–Crippen MR) is 116 cm³/mol. The molecule has 0 aliphatic heterocycles. The molecule has 0 radical (unpaired) electrons. The lowest BCUT2D eigenvalue weighted by Gasteiger charge is -2.14. The van der Waals surface area contributed by atoms with E-state index in [-0.39, 0.29) is 10.3 Å². The van der Waals surface area contributed by atoms with Crippen LogP contribution in [0.1, 0.15) is 39.8 Å². The minimum atomic E-state index is -3.87. The van der Waals surface area contributed by atoms with E-state index in [1.807, 2.05) is 30.4 Å². The van der Waals surface area contributed by atoms with Gasteiger partial charge < -0.3 is 5.32 Å². The highest BCUT2D eigenvalue weighted by atomic mass is 32.2. The lowest BCUT2D eigenvalue weighted by atomic mass is 9.92. The van der Waals surface area contributed by atoms with Crippen LogP contribution in [-0.2, 0) is 15.4 Å². The van der Waals surface area contributed by atoms with Gasteiger partial charge in [-0.25, -0.2) is 18.2 Å². The van der Waals surface area contributed by atoms with E-state index in [1.54, 1.807) is 22.9 Å². The van der Waals surface area contributed by atoms with E-state index < -0.39 is 10.0 Å². The number of nitrogens with two attached hydrogens (primary N) is 1. The van der Waals surface area contributed by atoms with Gasteiger partial charge >= 0.3 is 0 Å². The number of allylic oxidation sites excluding steroid dienone is 5. The number of para-hydroxylation sites is 1. The van der Waals surface area contributed by atoms with Crippen LogP contribution in [0.5, 0.6) is 0 Å². The normalized spacial score (nSPS) is 12.8. The summed E-state index contributed by atoms with van der Waals surface area (Å²) in [5, 5.41) is 13.2. The maximum absolute atomic E-state index is 11.9. The summed E-state index contributed by atoms with van der Waals surface area (Å²) in [7, 11) is -3.87. The van der Waals surface area contributed by atoms with Crippen molar-refractivity contribution in [1.29, 1.82) is 0 Å². The number of benzene rings is 1. The van der Waals surface area contributed by atoms with Gasteiger partial charge in [-0.2, -0.15) is 5.10 Å². The SMILES string of the molecule is C=C(/C=C\C=C/CC)n1nc(C(C)(C)C)cc1Nc1ccccc1S(N)(=O)=O. The molecular formula is C21H28N4O2S. The first-order chi connectivity index (χ1) is 13.0. The first-order valence-electron chi connectivity index (χ1n) is 9.06. The molecular weight excluding hydrogens is 372 g/mol. The Bertz CT molecular complexity index is 1010. The number of rotatable bonds is 7. The van der Waals surface area contributed by atoms with Crippen molar-refractivity contribution in [3.05, 3.63) is 66.9 Å². The minimum absolute atomic E-state index is 0.0205. The van der Waals surface area contributed by atoms with Crippen molar-refractivity contribution in [1.82, 2.24) is 9.78 Å². The van der Waals surface area contributed by atoms with Gasteiger partial charge in [-0.1, -0.05) is 64.6 Å². The minimum Gasteiger partial charge on any atom is -0.339 e. The summed E-state index contributed by atoms with van der Waals surface area (Å²) in [6.45, 7) is 12.3. The van der Waals surface area contributed by atoms with E-state index in [1.165, 1.54) is 6.07 Å². The Morgan fingerprint density at radius 3 is 2.57 bits per heavy atom. The van der Waals surface area contributed by atoms with Crippen LogP contribution in [0.15, 0.2) is 66.1 Å². The molecule has 0 spiro atoms. The van der Waals surface area contributed by atoms with E-state index in [0.717, 1.165) is 12.1 Å². The number of nitrogens with one attached hydrogen (secondary N) is 1. The third-order valence-corrected chi connectivity index (χ3v) is 4.95. The van der Waals surface area contributed by atoms with Crippen molar-refractivity contribution < 1.29 is 8.42 Å². The molecule has 0 unspecified atom stereocenters. The number of anilines is 2. The number of primary sulfonamides is 1. The molecule has 1 aromatic carbocycles. The maximum Gasteiger partial charge on any atom is 0.240 e. The Morgan fingerprint density at radius 2 is 1.96 bits per heavy atom. The largest absolute Gasteiger partial charge is 0.339 e. The van der Waals surface area contributed by atoms with E-state index in [2.05, 4.69) is 44.7 Å². The molecule has 0 saturated heterocycles. The zero-order valence-electron chi connectivity index (χ0n) is 16.8. The highest BCUT2D eigenvalue weighted by Crippen LogP contribution is 2.30. The van der Waals surface area contributed by atoms with Crippen molar-refractivity contribution in [2.75, 3.05) is 5.32 Å².